The molecule has 2 aromatic rings. The van der Waals surface area contributed by atoms with Crippen molar-refractivity contribution >= 4 is 39.7 Å². The van der Waals surface area contributed by atoms with Crippen LogP contribution < -0.4 is 16.4 Å². The molecule has 34 heavy (non-hydrogen) atoms. The average Bonchev–Trinajstić information content (AvgIpc) is 3.15. The Balaban J connectivity index is 1.70. The second-order valence-corrected chi connectivity index (χ2v) is 9.64. The van der Waals surface area contributed by atoms with Crippen LogP contribution in [-0.4, -0.2) is 42.3 Å². The van der Waals surface area contributed by atoms with E-state index in [0.29, 0.717) is 27.4 Å². The molecular formula is C26H31N4O3S+. The number of thiophene rings is 1. The summed E-state index contributed by atoms with van der Waals surface area (Å²) in [6.07, 6.45) is 7.84. The van der Waals surface area contributed by atoms with Crippen molar-refractivity contribution in [3.05, 3.63) is 82.3 Å². The summed E-state index contributed by atoms with van der Waals surface area (Å²) in [7, 11) is 2.19. The Hall–Kier alpha value is -3.49. The molecule has 1 atom stereocenters. The molecule has 2 heterocycles. The Kier molecular flexibility index (Phi) is 7.86. The maximum absolute atomic E-state index is 12.7. The number of primary amides is 1. The lowest BCUT2D eigenvalue weighted by Gasteiger charge is -2.36. The zero-order valence-corrected chi connectivity index (χ0v) is 20.6. The standard InChI is InChI=1S/C26H30N4O3S/c1-5-7-8-9-17(3)23(31)18-10-12-19(13-11-18)28-26(33)29-25-22(24(27)32)20-14-15-30(4,6-2)16-21(20)34-25/h5,7-13H,3,6,14-16H2,1-2,4H3,(H3-,27,28,29,31,32,33)/p+1/b7-5-,9-8-. The minimum absolute atomic E-state index is 0.190. The fraction of sp³-hybridized carbons (Fsp3) is 0.269. The van der Waals surface area contributed by atoms with Crippen molar-refractivity contribution in [2.75, 3.05) is 30.8 Å². The first kappa shape index (κ1) is 25.1. The first-order chi connectivity index (χ1) is 16.2. The molecule has 0 bridgehead atoms. The van der Waals surface area contributed by atoms with Crippen LogP contribution in [-0.2, 0) is 13.0 Å². The topological polar surface area (TPSA) is 101 Å². The Morgan fingerprint density at radius 3 is 2.50 bits per heavy atom. The lowest BCUT2D eigenvalue weighted by molar-refractivity contribution is -0.922. The van der Waals surface area contributed by atoms with Crippen LogP contribution >= 0.6 is 11.3 Å². The van der Waals surface area contributed by atoms with Gasteiger partial charge in [-0.05, 0) is 43.7 Å². The molecule has 0 radical (unpaired) electrons. The van der Waals surface area contributed by atoms with Gasteiger partial charge < -0.3 is 15.5 Å². The maximum atomic E-state index is 12.7. The number of carbonyl (C=O) groups is 3. The monoisotopic (exact) mass is 479 g/mol. The number of nitrogens with zero attached hydrogens (tertiary/aromatic N) is 1. The molecule has 0 aliphatic carbocycles. The minimum Gasteiger partial charge on any atom is -0.365 e. The summed E-state index contributed by atoms with van der Waals surface area (Å²) in [6, 6.07) is 6.08. The molecule has 1 aliphatic heterocycles. The fourth-order valence-electron chi connectivity index (χ4n) is 3.84. The molecule has 3 rings (SSSR count). The number of rotatable bonds is 8. The summed E-state index contributed by atoms with van der Waals surface area (Å²) >= 11 is 1.41. The number of amides is 3. The van der Waals surface area contributed by atoms with Gasteiger partial charge in [-0.25, -0.2) is 4.79 Å². The predicted octanol–water partition coefficient (Wildman–Crippen LogP) is 4.88. The summed E-state index contributed by atoms with van der Waals surface area (Å²) in [6.45, 7) is 10.6. The number of allylic oxidation sites excluding steroid dienone is 5. The number of anilines is 2. The zero-order valence-electron chi connectivity index (χ0n) is 19.8. The molecule has 1 aromatic heterocycles. The van der Waals surface area contributed by atoms with Crippen molar-refractivity contribution in [3.8, 4) is 0 Å². The Morgan fingerprint density at radius 2 is 1.88 bits per heavy atom. The molecule has 1 aliphatic rings. The van der Waals surface area contributed by atoms with Crippen molar-refractivity contribution in [3.63, 3.8) is 0 Å². The number of ketones is 1. The fourth-order valence-corrected chi connectivity index (χ4v) is 5.26. The Labute approximate surface area is 204 Å². The van der Waals surface area contributed by atoms with Gasteiger partial charge in [0, 0.05) is 23.2 Å². The third-order valence-corrected chi connectivity index (χ3v) is 7.18. The summed E-state index contributed by atoms with van der Waals surface area (Å²) < 4.78 is 0.889. The van der Waals surface area contributed by atoms with Crippen LogP contribution in [0, 0.1) is 0 Å². The number of hydrogen-bond donors (Lipinski definition) is 3. The van der Waals surface area contributed by atoms with E-state index in [1.54, 1.807) is 36.4 Å². The predicted molar refractivity (Wildman–Crippen MR) is 138 cm³/mol. The number of hydrogen-bond acceptors (Lipinski definition) is 4. The van der Waals surface area contributed by atoms with Crippen LogP contribution in [0.2, 0.25) is 0 Å². The molecule has 3 amide bonds. The molecule has 0 fully saturated rings. The summed E-state index contributed by atoms with van der Waals surface area (Å²) in [5.41, 5.74) is 8.37. The van der Waals surface area contributed by atoms with E-state index in [2.05, 4.69) is 31.2 Å². The number of benzene rings is 1. The second kappa shape index (κ2) is 10.6. The van der Waals surface area contributed by atoms with Crippen molar-refractivity contribution in [1.82, 2.24) is 0 Å². The van der Waals surface area contributed by atoms with E-state index in [1.807, 2.05) is 19.1 Å². The third-order valence-electron chi connectivity index (χ3n) is 6.05. The van der Waals surface area contributed by atoms with Crippen LogP contribution in [0.3, 0.4) is 0 Å². The molecule has 1 aromatic carbocycles. The van der Waals surface area contributed by atoms with Gasteiger partial charge in [0.25, 0.3) is 5.91 Å². The van der Waals surface area contributed by atoms with E-state index in [1.165, 1.54) is 11.3 Å². The highest BCUT2D eigenvalue weighted by molar-refractivity contribution is 7.17. The van der Waals surface area contributed by atoms with Crippen LogP contribution in [0.25, 0.3) is 0 Å². The van der Waals surface area contributed by atoms with Gasteiger partial charge in [0.05, 0.1) is 30.6 Å². The highest BCUT2D eigenvalue weighted by Gasteiger charge is 2.33. The lowest BCUT2D eigenvalue weighted by Crippen LogP contribution is -2.47. The SMILES string of the molecule is C=C(/C=C\C=C/C)C(=O)c1ccc(NC(=O)Nc2sc3c(c2C(N)=O)CC[N+](C)(CC)C3)cc1. The number of carbonyl (C=O) groups excluding carboxylic acids is 3. The van der Waals surface area contributed by atoms with Gasteiger partial charge in [-0.1, -0.05) is 30.9 Å². The van der Waals surface area contributed by atoms with Gasteiger partial charge in [-0.2, -0.15) is 0 Å². The number of Topliss-reactive ketones (excluding diaryl/α,β-unsaturated/α-hetero) is 1. The molecule has 0 saturated heterocycles. The number of quaternary nitrogens is 1. The minimum atomic E-state index is -0.535. The number of likely N-dealkylation sites (N-methyl/N-ethyl adjacent to an activating group) is 1. The number of fused-ring (bicyclic) bond motifs is 1. The molecular weight excluding hydrogens is 448 g/mol. The van der Waals surface area contributed by atoms with E-state index in [4.69, 9.17) is 5.73 Å². The first-order valence-corrected chi connectivity index (χ1v) is 12.0. The lowest BCUT2D eigenvalue weighted by atomic mass is 10.0. The molecule has 0 spiro atoms. The van der Waals surface area contributed by atoms with Crippen molar-refractivity contribution in [2.24, 2.45) is 5.73 Å². The summed E-state index contributed by atoms with van der Waals surface area (Å²) in [5.74, 6) is -0.725. The quantitative estimate of drug-likeness (QED) is 0.218. The van der Waals surface area contributed by atoms with Gasteiger partial charge in [-0.15, -0.1) is 11.3 Å². The highest BCUT2D eigenvalue weighted by Crippen LogP contribution is 2.38. The summed E-state index contributed by atoms with van der Waals surface area (Å²) in [4.78, 5) is 38.4. The largest absolute Gasteiger partial charge is 0.365 e. The van der Waals surface area contributed by atoms with Crippen LogP contribution in [0.4, 0.5) is 15.5 Å². The molecule has 178 valence electrons. The maximum Gasteiger partial charge on any atom is 0.324 e. The van der Waals surface area contributed by atoms with Gasteiger partial charge in [0.1, 0.15) is 11.5 Å². The smallest absolute Gasteiger partial charge is 0.324 e. The number of nitrogens with two attached hydrogens (primary N) is 1. The average molecular weight is 480 g/mol. The van der Waals surface area contributed by atoms with E-state index in [-0.39, 0.29) is 5.78 Å². The van der Waals surface area contributed by atoms with Crippen molar-refractivity contribution in [2.45, 2.75) is 26.8 Å². The van der Waals surface area contributed by atoms with Gasteiger partial charge >= 0.3 is 6.03 Å². The van der Waals surface area contributed by atoms with Crippen LogP contribution in [0.15, 0.2) is 60.7 Å². The molecule has 1 unspecified atom stereocenters. The number of nitrogens with one attached hydrogen (secondary N) is 2. The van der Waals surface area contributed by atoms with E-state index < -0.39 is 11.9 Å². The van der Waals surface area contributed by atoms with Crippen molar-refractivity contribution < 1.29 is 18.9 Å². The van der Waals surface area contributed by atoms with E-state index in [0.717, 1.165) is 41.0 Å². The zero-order chi connectivity index (χ0) is 24.9. The molecule has 4 N–H and O–H groups in total. The normalized spacial score (nSPS) is 17.5. The van der Waals surface area contributed by atoms with Gasteiger partial charge in [-0.3, -0.25) is 14.9 Å². The van der Waals surface area contributed by atoms with E-state index in [9.17, 15) is 14.4 Å². The molecule has 8 heteroatoms. The van der Waals surface area contributed by atoms with Crippen molar-refractivity contribution in [1.29, 1.82) is 0 Å². The van der Waals surface area contributed by atoms with Crippen LogP contribution in [0.1, 0.15) is 45.0 Å². The van der Waals surface area contributed by atoms with Crippen LogP contribution in [0.5, 0.6) is 0 Å². The first-order valence-electron chi connectivity index (χ1n) is 11.2. The second-order valence-electron chi connectivity index (χ2n) is 8.54. The van der Waals surface area contributed by atoms with Gasteiger partial charge in [0.15, 0.2) is 5.78 Å². The molecule has 7 nitrogen and oxygen atoms in total. The van der Waals surface area contributed by atoms with Gasteiger partial charge in [0.2, 0.25) is 0 Å². The highest BCUT2D eigenvalue weighted by atomic mass is 32.1. The summed E-state index contributed by atoms with van der Waals surface area (Å²) in [5, 5.41) is 6.00. The number of urea groups is 1. The molecule has 0 saturated carbocycles. The Bertz CT molecular complexity index is 1180. The van der Waals surface area contributed by atoms with E-state index >= 15 is 0 Å². The Morgan fingerprint density at radius 1 is 1.18 bits per heavy atom. The third kappa shape index (κ3) is 5.70.